The van der Waals surface area contributed by atoms with Gasteiger partial charge in [0.25, 0.3) is 5.91 Å². The summed E-state index contributed by atoms with van der Waals surface area (Å²) < 4.78 is 5.23. The fourth-order valence-electron chi connectivity index (χ4n) is 1.21. The number of amides is 1. The third kappa shape index (κ3) is 5.55. The first kappa shape index (κ1) is 13.0. The van der Waals surface area contributed by atoms with Gasteiger partial charge in [-0.15, -0.1) is 0 Å². The zero-order chi connectivity index (χ0) is 12.7. The molecule has 92 valence electrons. The second kappa shape index (κ2) is 6.52. The summed E-state index contributed by atoms with van der Waals surface area (Å²) in [6.07, 6.45) is -0.198. The number of carbonyl (C=O) groups excluding carboxylic acids is 2. The maximum absolute atomic E-state index is 11.2. The van der Waals surface area contributed by atoms with Crippen LogP contribution in [0, 0.1) is 6.92 Å². The molecule has 0 saturated carbocycles. The van der Waals surface area contributed by atoms with Crippen LogP contribution in [-0.4, -0.2) is 25.0 Å². The Morgan fingerprint density at radius 1 is 1.41 bits per heavy atom. The van der Waals surface area contributed by atoms with E-state index in [0.717, 1.165) is 5.56 Å². The van der Waals surface area contributed by atoms with Crippen LogP contribution >= 0.6 is 0 Å². The topological polar surface area (TPSA) is 78.5 Å². The van der Waals surface area contributed by atoms with Crippen molar-refractivity contribution in [2.24, 2.45) is 0 Å². The first-order chi connectivity index (χ1) is 8.08. The molecule has 0 fully saturated rings. The summed E-state index contributed by atoms with van der Waals surface area (Å²) in [5, 5.41) is 12.5. The van der Waals surface area contributed by atoms with Crippen LogP contribution in [0.4, 0.5) is 0 Å². The van der Waals surface area contributed by atoms with E-state index in [9.17, 15) is 14.7 Å². The highest BCUT2D eigenvalue weighted by Crippen LogP contribution is 2.11. The molecule has 0 atom stereocenters. The van der Waals surface area contributed by atoms with Crippen molar-refractivity contribution in [3.8, 4) is 5.75 Å². The molecule has 17 heavy (non-hydrogen) atoms. The quantitative estimate of drug-likeness (QED) is 0.731. The van der Waals surface area contributed by atoms with E-state index in [4.69, 9.17) is 4.74 Å². The normalized spacial score (nSPS) is 9.71. The second-order valence-electron chi connectivity index (χ2n) is 3.58. The minimum Gasteiger partial charge on any atom is -0.550 e. The maximum Gasteiger partial charge on any atom is 0.257 e. The van der Waals surface area contributed by atoms with Crippen molar-refractivity contribution >= 4 is 11.9 Å². The van der Waals surface area contributed by atoms with Gasteiger partial charge in [0.1, 0.15) is 5.75 Å². The lowest BCUT2D eigenvalue weighted by atomic mass is 10.2. The van der Waals surface area contributed by atoms with Crippen LogP contribution in [0.5, 0.6) is 5.75 Å². The lowest BCUT2D eigenvalue weighted by Crippen LogP contribution is -2.33. The van der Waals surface area contributed by atoms with Gasteiger partial charge in [-0.3, -0.25) is 4.79 Å². The Bertz CT molecular complexity index is 403. The summed E-state index contributed by atoms with van der Waals surface area (Å²) in [6.45, 7) is 1.85. The van der Waals surface area contributed by atoms with Crippen LogP contribution in [0.15, 0.2) is 24.3 Å². The van der Waals surface area contributed by atoms with Crippen molar-refractivity contribution in [2.75, 3.05) is 13.2 Å². The van der Waals surface area contributed by atoms with Crippen molar-refractivity contribution in [2.45, 2.75) is 13.3 Å². The van der Waals surface area contributed by atoms with Gasteiger partial charge in [-0.25, -0.2) is 0 Å². The molecule has 0 aliphatic heterocycles. The first-order valence-corrected chi connectivity index (χ1v) is 5.24. The van der Waals surface area contributed by atoms with Gasteiger partial charge < -0.3 is 20.0 Å². The number of nitrogens with one attached hydrogen (secondary N) is 1. The molecule has 0 unspecified atom stereocenters. The largest absolute Gasteiger partial charge is 0.550 e. The molecule has 5 heteroatoms. The van der Waals surface area contributed by atoms with Gasteiger partial charge in [0.05, 0.1) is 0 Å². The molecule has 1 N–H and O–H groups in total. The van der Waals surface area contributed by atoms with Gasteiger partial charge >= 0.3 is 0 Å². The van der Waals surface area contributed by atoms with Crippen LogP contribution in [0.25, 0.3) is 0 Å². The van der Waals surface area contributed by atoms with Gasteiger partial charge in [-0.1, -0.05) is 12.1 Å². The summed E-state index contributed by atoms with van der Waals surface area (Å²) in [5.74, 6) is -0.933. The van der Waals surface area contributed by atoms with E-state index in [1.807, 2.05) is 25.1 Å². The van der Waals surface area contributed by atoms with Crippen molar-refractivity contribution in [1.29, 1.82) is 0 Å². The Morgan fingerprint density at radius 3 is 2.82 bits per heavy atom. The zero-order valence-corrected chi connectivity index (χ0v) is 9.56. The third-order valence-corrected chi connectivity index (χ3v) is 2.01. The Labute approximate surface area is 99.4 Å². The monoisotopic (exact) mass is 236 g/mol. The highest BCUT2D eigenvalue weighted by Gasteiger charge is 2.02. The Kier molecular flexibility index (Phi) is 5.00. The molecule has 0 spiro atoms. The summed E-state index contributed by atoms with van der Waals surface area (Å²) >= 11 is 0. The number of carbonyl (C=O) groups is 2. The number of benzene rings is 1. The smallest absolute Gasteiger partial charge is 0.257 e. The van der Waals surface area contributed by atoms with Crippen LogP contribution in [0.3, 0.4) is 0 Å². The first-order valence-electron chi connectivity index (χ1n) is 5.24. The number of carboxylic acid groups (broad SMARTS) is 1. The average molecular weight is 236 g/mol. The molecule has 1 rings (SSSR count). The third-order valence-electron chi connectivity index (χ3n) is 2.01. The van der Waals surface area contributed by atoms with E-state index in [2.05, 4.69) is 5.32 Å². The van der Waals surface area contributed by atoms with E-state index < -0.39 is 5.97 Å². The lowest BCUT2D eigenvalue weighted by Gasteiger charge is -2.08. The highest BCUT2D eigenvalue weighted by molar-refractivity contribution is 5.78. The lowest BCUT2D eigenvalue weighted by molar-refractivity contribution is -0.305. The molecule has 1 aromatic rings. The molecule has 0 aromatic heterocycles. The Balaban J connectivity index is 2.26. The molecule has 1 aromatic carbocycles. The van der Waals surface area contributed by atoms with Crippen LogP contribution < -0.4 is 15.2 Å². The molecule has 0 radical (unpaired) electrons. The zero-order valence-electron chi connectivity index (χ0n) is 9.56. The van der Waals surface area contributed by atoms with E-state index in [0.29, 0.717) is 5.75 Å². The number of aliphatic carboxylic acids is 1. The minimum atomic E-state index is -1.19. The van der Waals surface area contributed by atoms with E-state index in [1.165, 1.54) is 0 Å². The summed E-state index contributed by atoms with van der Waals surface area (Å²) in [7, 11) is 0. The molecule has 0 heterocycles. The number of rotatable bonds is 6. The predicted octanol–water partition coefficient (Wildman–Crippen LogP) is -0.370. The summed E-state index contributed by atoms with van der Waals surface area (Å²) in [5.41, 5.74) is 1.04. The van der Waals surface area contributed by atoms with Crippen molar-refractivity contribution in [3.63, 3.8) is 0 Å². The molecule has 5 nitrogen and oxygen atoms in total. The van der Waals surface area contributed by atoms with Gasteiger partial charge in [-0.05, 0) is 24.6 Å². The molecular formula is C12H14NO4-. The number of carboxylic acids is 1. The van der Waals surface area contributed by atoms with Crippen LogP contribution in [0.2, 0.25) is 0 Å². The Morgan fingerprint density at radius 2 is 2.18 bits per heavy atom. The highest BCUT2D eigenvalue weighted by atomic mass is 16.5. The number of aryl methyl sites for hydroxylation is 1. The van der Waals surface area contributed by atoms with Crippen molar-refractivity contribution in [3.05, 3.63) is 29.8 Å². The van der Waals surface area contributed by atoms with Crippen LogP contribution in [-0.2, 0) is 9.59 Å². The molecule has 0 aliphatic carbocycles. The Hall–Kier alpha value is -2.04. The van der Waals surface area contributed by atoms with E-state index in [1.54, 1.807) is 6.07 Å². The summed E-state index contributed by atoms with van der Waals surface area (Å²) in [6, 6.07) is 7.32. The molecular weight excluding hydrogens is 222 g/mol. The fraction of sp³-hybridized carbons (Fsp3) is 0.333. The number of hydrogen-bond acceptors (Lipinski definition) is 4. The predicted molar refractivity (Wildman–Crippen MR) is 59.3 cm³/mol. The van der Waals surface area contributed by atoms with E-state index in [-0.39, 0.29) is 25.5 Å². The molecule has 0 saturated heterocycles. The number of hydrogen-bond donors (Lipinski definition) is 1. The maximum atomic E-state index is 11.2. The molecule has 0 bridgehead atoms. The van der Waals surface area contributed by atoms with Gasteiger partial charge in [-0.2, -0.15) is 0 Å². The van der Waals surface area contributed by atoms with Crippen LogP contribution in [0.1, 0.15) is 12.0 Å². The van der Waals surface area contributed by atoms with Gasteiger partial charge in [0.15, 0.2) is 6.61 Å². The van der Waals surface area contributed by atoms with Crippen molar-refractivity contribution in [1.82, 2.24) is 5.32 Å². The van der Waals surface area contributed by atoms with Crippen molar-refractivity contribution < 1.29 is 19.4 Å². The summed E-state index contributed by atoms with van der Waals surface area (Å²) in [4.78, 5) is 21.3. The standard InChI is InChI=1S/C12H15NO4/c1-9-3-2-4-10(7-9)17-8-11(14)13-6-5-12(15)16/h2-4,7H,5-6,8H2,1H3,(H,13,14)(H,15,16)/p-1. The fourth-order valence-corrected chi connectivity index (χ4v) is 1.21. The van der Waals surface area contributed by atoms with E-state index >= 15 is 0 Å². The minimum absolute atomic E-state index is 0.0539. The average Bonchev–Trinajstić information content (AvgIpc) is 2.26. The number of ether oxygens (including phenoxy) is 1. The van der Waals surface area contributed by atoms with Gasteiger partial charge in [0.2, 0.25) is 0 Å². The SMILES string of the molecule is Cc1cccc(OCC(=O)NCCC(=O)[O-])c1. The second-order valence-corrected chi connectivity index (χ2v) is 3.58. The molecule has 1 amide bonds. The van der Waals surface area contributed by atoms with Gasteiger partial charge in [0, 0.05) is 18.9 Å². The molecule has 0 aliphatic rings.